The van der Waals surface area contributed by atoms with E-state index < -0.39 is 12.1 Å². The van der Waals surface area contributed by atoms with E-state index in [1.54, 1.807) is 0 Å². The summed E-state index contributed by atoms with van der Waals surface area (Å²) in [5, 5.41) is 32.3. The fourth-order valence-electron chi connectivity index (χ4n) is 0.511. The number of hydrogen-bond acceptors (Lipinski definition) is 4. The molecule has 0 radical (unpaired) electrons. The summed E-state index contributed by atoms with van der Waals surface area (Å²) in [6, 6.07) is 0. The van der Waals surface area contributed by atoms with Crippen molar-refractivity contribution in [1.82, 2.24) is 0 Å². The topological polar surface area (TPSA) is 98.0 Å². The van der Waals surface area contributed by atoms with Gasteiger partial charge in [0, 0.05) is 0 Å². The minimum Gasteiger partial charge on any atom is -0.481 e. The van der Waals surface area contributed by atoms with Crippen molar-refractivity contribution in [2.75, 3.05) is 13.2 Å². The highest BCUT2D eigenvalue weighted by Crippen LogP contribution is 2.17. The van der Waals surface area contributed by atoms with Crippen LogP contribution in [0.1, 0.15) is 27.2 Å². The molecule has 0 spiro atoms. The molecule has 0 aliphatic heterocycles. The van der Waals surface area contributed by atoms with Gasteiger partial charge < -0.3 is 20.4 Å². The van der Waals surface area contributed by atoms with E-state index in [1.165, 1.54) is 0 Å². The normalized spacial score (nSPS) is 10.8. The predicted molar refractivity (Wildman–Crippen MR) is 51.9 cm³/mol. The fraction of sp³-hybridized carbons (Fsp3) is 0.889. The van der Waals surface area contributed by atoms with E-state index in [1.807, 2.05) is 20.8 Å². The van der Waals surface area contributed by atoms with E-state index in [-0.39, 0.29) is 25.0 Å². The van der Waals surface area contributed by atoms with Crippen molar-refractivity contribution in [1.29, 1.82) is 0 Å². The molecule has 0 fully saturated rings. The van der Waals surface area contributed by atoms with Crippen LogP contribution in [0.2, 0.25) is 0 Å². The Hall–Kier alpha value is -0.650. The van der Waals surface area contributed by atoms with Crippen LogP contribution in [0.5, 0.6) is 0 Å². The molecular formula is C9H20O5. The zero-order valence-corrected chi connectivity index (χ0v) is 8.90. The molecule has 0 aromatic heterocycles. The summed E-state index contributed by atoms with van der Waals surface area (Å²) in [5.74, 6) is -0.725. The molecule has 0 saturated heterocycles. The lowest BCUT2D eigenvalue weighted by atomic mass is 9.93. The van der Waals surface area contributed by atoms with Crippen LogP contribution in [-0.4, -0.2) is 45.7 Å². The second-order valence-corrected chi connectivity index (χ2v) is 4.15. The molecule has 86 valence electrons. The average Bonchev–Trinajstić information content (AvgIpc) is 1.99. The molecule has 0 aliphatic carbocycles. The number of aliphatic carboxylic acids is 1. The van der Waals surface area contributed by atoms with Gasteiger partial charge in [-0.25, -0.2) is 0 Å². The maximum absolute atomic E-state index is 10.0. The second-order valence-electron chi connectivity index (χ2n) is 4.15. The molecule has 0 bridgehead atoms. The Balaban J connectivity index is 0. The largest absolute Gasteiger partial charge is 0.481 e. The van der Waals surface area contributed by atoms with Crippen LogP contribution in [-0.2, 0) is 4.79 Å². The van der Waals surface area contributed by atoms with E-state index in [0.717, 1.165) is 0 Å². The number of carboxylic acid groups (broad SMARTS) is 1. The molecule has 5 heteroatoms. The Kier molecular flexibility index (Phi) is 8.72. The smallest absolute Gasteiger partial charge is 0.303 e. The monoisotopic (exact) mass is 208 g/mol. The lowest BCUT2D eigenvalue weighted by Gasteiger charge is -2.13. The number of aliphatic hydroxyl groups is 3. The molecule has 0 atom stereocenters. The third kappa shape index (κ3) is 17.4. The predicted octanol–water partition coefficient (Wildman–Crippen LogP) is -0.161. The minimum atomic E-state index is -0.954. The first-order chi connectivity index (χ1) is 6.22. The zero-order valence-electron chi connectivity index (χ0n) is 8.90. The first-order valence-corrected chi connectivity index (χ1v) is 4.34. The van der Waals surface area contributed by atoms with Crippen molar-refractivity contribution in [2.45, 2.75) is 33.3 Å². The van der Waals surface area contributed by atoms with Crippen molar-refractivity contribution < 1.29 is 25.2 Å². The fourth-order valence-corrected chi connectivity index (χ4v) is 0.511. The van der Waals surface area contributed by atoms with Crippen LogP contribution in [0, 0.1) is 5.41 Å². The Morgan fingerprint density at radius 1 is 1.21 bits per heavy atom. The standard InChI is InChI=1S/C6H12O2.C3H8O3/c1-6(2,3)4-5(7)8;4-1-3(6)2-5/h4H2,1-3H3,(H,7,8);3-6H,1-2H2. The van der Waals surface area contributed by atoms with Gasteiger partial charge in [0.05, 0.1) is 19.6 Å². The summed E-state index contributed by atoms with van der Waals surface area (Å²) in [6.45, 7) is 4.98. The molecule has 0 heterocycles. The number of rotatable bonds is 3. The first kappa shape index (κ1) is 15.8. The van der Waals surface area contributed by atoms with Gasteiger partial charge in [0.2, 0.25) is 0 Å². The third-order valence-corrected chi connectivity index (χ3v) is 1.10. The molecule has 0 rings (SSSR count). The minimum absolute atomic E-state index is 0.0775. The lowest BCUT2D eigenvalue weighted by molar-refractivity contribution is -0.139. The second kappa shape index (κ2) is 7.73. The van der Waals surface area contributed by atoms with Crippen molar-refractivity contribution in [3.8, 4) is 0 Å². The van der Waals surface area contributed by atoms with Crippen LogP contribution >= 0.6 is 0 Å². The maximum atomic E-state index is 10.0. The first-order valence-electron chi connectivity index (χ1n) is 4.34. The molecule has 14 heavy (non-hydrogen) atoms. The number of hydrogen-bond donors (Lipinski definition) is 4. The Labute approximate surface area is 84.0 Å². The highest BCUT2D eigenvalue weighted by molar-refractivity contribution is 5.67. The van der Waals surface area contributed by atoms with E-state index in [0.29, 0.717) is 0 Å². The van der Waals surface area contributed by atoms with Crippen LogP contribution in [0.4, 0.5) is 0 Å². The number of carboxylic acids is 1. The third-order valence-electron chi connectivity index (χ3n) is 1.10. The number of aliphatic hydroxyl groups excluding tert-OH is 3. The van der Waals surface area contributed by atoms with Gasteiger partial charge in [-0.2, -0.15) is 0 Å². The number of carbonyl (C=O) groups is 1. The van der Waals surface area contributed by atoms with E-state index in [2.05, 4.69) is 0 Å². The quantitative estimate of drug-likeness (QED) is 0.516. The SMILES string of the molecule is CC(C)(C)CC(=O)O.OCC(O)CO. The van der Waals surface area contributed by atoms with Gasteiger partial charge in [0.25, 0.3) is 0 Å². The van der Waals surface area contributed by atoms with Crippen LogP contribution < -0.4 is 0 Å². The Bertz CT molecular complexity index is 146. The van der Waals surface area contributed by atoms with E-state index >= 15 is 0 Å². The summed E-state index contributed by atoms with van der Waals surface area (Å²) in [7, 11) is 0. The van der Waals surface area contributed by atoms with Gasteiger partial charge in [-0.3, -0.25) is 4.79 Å². The molecule has 5 nitrogen and oxygen atoms in total. The van der Waals surface area contributed by atoms with Crippen molar-refractivity contribution in [3.05, 3.63) is 0 Å². The highest BCUT2D eigenvalue weighted by atomic mass is 16.4. The van der Waals surface area contributed by atoms with Gasteiger partial charge in [0.15, 0.2) is 0 Å². The molecule has 0 saturated carbocycles. The highest BCUT2D eigenvalue weighted by Gasteiger charge is 2.13. The lowest BCUT2D eigenvalue weighted by Crippen LogP contribution is -2.15. The van der Waals surface area contributed by atoms with E-state index in [9.17, 15) is 4.79 Å². The average molecular weight is 208 g/mol. The Morgan fingerprint density at radius 2 is 1.57 bits per heavy atom. The zero-order chi connectivity index (χ0) is 11.8. The molecule has 0 aromatic rings. The van der Waals surface area contributed by atoms with Crippen molar-refractivity contribution in [2.24, 2.45) is 5.41 Å². The van der Waals surface area contributed by atoms with Crippen molar-refractivity contribution >= 4 is 5.97 Å². The molecule has 0 unspecified atom stereocenters. The molecular weight excluding hydrogens is 188 g/mol. The molecule has 0 amide bonds. The maximum Gasteiger partial charge on any atom is 0.303 e. The summed E-state index contributed by atoms with van der Waals surface area (Å²) in [4.78, 5) is 10.0. The summed E-state index contributed by atoms with van der Waals surface area (Å²) >= 11 is 0. The van der Waals surface area contributed by atoms with Crippen molar-refractivity contribution in [3.63, 3.8) is 0 Å². The van der Waals surface area contributed by atoms with E-state index in [4.69, 9.17) is 20.4 Å². The van der Waals surface area contributed by atoms with Crippen LogP contribution in [0.25, 0.3) is 0 Å². The molecule has 0 aliphatic rings. The van der Waals surface area contributed by atoms with Gasteiger partial charge >= 0.3 is 5.97 Å². The van der Waals surface area contributed by atoms with Crippen LogP contribution in [0.15, 0.2) is 0 Å². The van der Waals surface area contributed by atoms with Gasteiger partial charge in [0.1, 0.15) is 6.10 Å². The summed E-state index contributed by atoms with van der Waals surface area (Å²) in [6.07, 6.45) is -0.711. The van der Waals surface area contributed by atoms with Crippen LogP contribution in [0.3, 0.4) is 0 Å². The van der Waals surface area contributed by atoms with Gasteiger partial charge in [-0.15, -0.1) is 0 Å². The van der Waals surface area contributed by atoms with Gasteiger partial charge in [-0.1, -0.05) is 20.8 Å². The van der Waals surface area contributed by atoms with Gasteiger partial charge in [-0.05, 0) is 5.41 Å². The molecule has 0 aromatic carbocycles. The summed E-state index contributed by atoms with van der Waals surface area (Å²) in [5.41, 5.74) is -0.0775. The Morgan fingerprint density at radius 3 is 1.57 bits per heavy atom. The summed E-state index contributed by atoms with van der Waals surface area (Å²) < 4.78 is 0. The molecule has 4 N–H and O–H groups in total.